The van der Waals surface area contributed by atoms with Gasteiger partial charge in [0.25, 0.3) is 5.91 Å². The Kier molecular flexibility index (Phi) is 6.69. The Morgan fingerprint density at radius 2 is 1.58 bits per heavy atom. The van der Waals surface area contributed by atoms with E-state index in [1.54, 1.807) is 18.2 Å². The van der Waals surface area contributed by atoms with Crippen molar-refractivity contribution < 1.29 is 36.2 Å². The van der Waals surface area contributed by atoms with Crippen LogP contribution in [0, 0.1) is 11.3 Å². The van der Waals surface area contributed by atoms with Crippen LogP contribution in [0.2, 0.25) is 5.02 Å². The molecule has 4 nitrogen and oxygen atoms in total. The van der Waals surface area contributed by atoms with Crippen molar-refractivity contribution in [2.45, 2.75) is 36.7 Å². The molecule has 1 amide bonds. The summed E-state index contributed by atoms with van der Waals surface area (Å²) in [6.07, 6.45) is -10.4. The molecule has 11 heteroatoms. The van der Waals surface area contributed by atoms with E-state index in [2.05, 4.69) is 0 Å². The second kappa shape index (κ2) is 8.88. The minimum atomic E-state index is -5.07. The summed E-state index contributed by atoms with van der Waals surface area (Å²) in [6.45, 7) is -0.322. The molecule has 1 saturated heterocycles. The molecule has 1 aliphatic rings. The molecule has 1 N–H and O–H groups in total. The van der Waals surface area contributed by atoms with Crippen molar-refractivity contribution in [1.82, 2.24) is 4.90 Å². The zero-order valence-corrected chi connectivity index (χ0v) is 17.6. The lowest BCUT2D eigenvalue weighted by Gasteiger charge is -2.40. The Labute approximate surface area is 190 Å². The Bertz CT molecular complexity index is 1050. The van der Waals surface area contributed by atoms with Gasteiger partial charge in [-0.05, 0) is 48.7 Å². The molecular weight excluding hydrogens is 474 g/mol. The first-order chi connectivity index (χ1) is 15.2. The van der Waals surface area contributed by atoms with Crippen LogP contribution >= 0.6 is 11.6 Å². The third-order valence-electron chi connectivity index (χ3n) is 5.60. The Morgan fingerprint density at radius 3 is 2.03 bits per heavy atom. The maximum absolute atomic E-state index is 13.1. The third kappa shape index (κ3) is 5.42. The zero-order valence-electron chi connectivity index (χ0n) is 16.8. The van der Waals surface area contributed by atoms with Gasteiger partial charge in [-0.3, -0.25) is 4.79 Å². The maximum Gasteiger partial charge on any atom is 0.416 e. The minimum Gasteiger partial charge on any atom is -0.388 e. The van der Waals surface area contributed by atoms with Gasteiger partial charge in [-0.15, -0.1) is 0 Å². The van der Waals surface area contributed by atoms with Gasteiger partial charge in [0.2, 0.25) is 0 Å². The second-order valence-corrected chi connectivity index (χ2v) is 8.24. The van der Waals surface area contributed by atoms with Crippen LogP contribution in [-0.4, -0.2) is 34.6 Å². The molecule has 0 spiro atoms. The van der Waals surface area contributed by atoms with Crippen LogP contribution in [-0.2, 0) is 12.4 Å². The fourth-order valence-electron chi connectivity index (χ4n) is 3.84. The molecule has 0 saturated carbocycles. The van der Waals surface area contributed by atoms with Crippen LogP contribution in [0.15, 0.2) is 42.5 Å². The number of nitrogens with zero attached hydrogens (tertiary/aromatic N) is 2. The fourth-order valence-corrected chi connectivity index (χ4v) is 4.04. The smallest absolute Gasteiger partial charge is 0.388 e. The number of alkyl halides is 6. The van der Waals surface area contributed by atoms with Gasteiger partial charge in [-0.25, -0.2) is 0 Å². The monoisotopic (exact) mass is 490 g/mol. The summed E-state index contributed by atoms with van der Waals surface area (Å²) in [5.74, 6) is -2.01. The molecule has 1 heterocycles. The number of likely N-dealkylation sites (tertiary alicyclic amines) is 1. The molecule has 0 aromatic heterocycles. The summed E-state index contributed by atoms with van der Waals surface area (Å²) >= 11 is 5.95. The predicted molar refractivity (Wildman–Crippen MR) is 106 cm³/mol. The molecule has 33 heavy (non-hydrogen) atoms. The van der Waals surface area contributed by atoms with E-state index in [4.69, 9.17) is 11.6 Å². The van der Waals surface area contributed by atoms with Crippen molar-refractivity contribution in [1.29, 1.82) is 5.26 Å². The molecule has 2 aromatic carbocycles. The highest BCUT2D eigenvalue weighted by Gasteiger charge is 2.43. The summed E-state index contributed by atoms with van der Waals surface area (Å²) in [6, 6.07) is 9.05. The van der Waals surface area contributed by atoms with Gasteiger partial charge in [-0.2, -0.15) is 31.6 Å². The van der Waals surface area contributed by atoms with E-state index in [-0.39, 0.29) is 32.0 Å². The molecule has 1 atom stereocenters. The van der Waals surface area contributed by atoms with Crippen molar-refractivity contribution in [2.24, 2.45) is 0 Å². The molecule has 2 aromatic rings. The number of carbonyl (C=O) groups excluding carboxylic acids is 1. The minimum absolute atomic E-state index is 0.0474. The number of nitriles is 1. The number of aliphatic hydroxyl groups is 1. The van der Waals surface area contributed by atoms with Gasteiger partial charge in [0.15, 0.2) is 0 Å². The Morgan fingerprint density at radius 1 is 1.03 bits per heavy atom. The van der Waals surface area contributed by atoms with E-state index in [0.717, 1.165) is 4.90 Å². The number of piperidine rings is 1. The number of halogens is 7. The van der Waals surface area contributed by atoms with E-state index in [1.807, 2.05) is 6.07 Å². The van der Waals surface area contributed by atoms with Crippen molar-refractivity contribution in [2.75, 3.05) is 13.1 Å². The molecule has 1 unspecified atom stereocenters. The van der Waals surface area contributed by atoms with E-state index >= 15 is 0 Å². The summed E-state index contributed by atoms with van der Waals surface area (Å²) < 4.78 is 78.6. The maximum atomic E-state index is 13.1. The largest absolute Gasteiger partial charge is 0.416 e. The summed E-state index contributed by atoms with van der Waals surface area (Å²) in [5, 5.41) is 21.0. The van der Waals surface area contributed by atoms with Gasteiger partial charge >= 0.3 is 12.4 Å². The number of carbonyl (C=O) groups is 1. The lowest BCUT2D eigenvalue weighted by molar-refractivity contribution is -0.143. The average Bonchev–Trinajstić information content (AvgIpc) is 2.73. The molecule has 0 radical (unpaired) electrons. The molecule has 0 bridgehead atoms. The topological polar surface area (TPSA) is 64.3 Å². The zero-order chi connectivity index (χ0) is 24.6. The lowest BCUT2D eigenvalue weighted by atomic mass is 9.76. The van der Waals surface area contributed by atoms with E-state index in [1.165, 1.54) is 6.07 Å². The fraction of sp³-hybridized carbons (Fsp3) is 0.364. The Hall–Kier alpha value is -2.77. The second-order valence-electron chi connectivity index (χ2n) is 7.81. The lowest BCUT2D eigenvalue weighted by Crippen LogP contribution is -2.49. The van der Waals surface area contributed by atoms with Crippen molar-refractivity contribution in [3.63, 3.8) is 0 Å². The first kappa shape index (κ1) is 24.9. The molecular formula is C22H17ClF6N2O2. The number of rotatable bonds is 3. The van der Waals surface area contributed by atoms with Crippen molar-refractivity contribution in [3.05, 3.63) is 69.7 Å². The third-order valence-corrected chi connectivity index (χ3v) is 5.83. The normalized spacial score (nSPS) is 17.4. The van der Waals surface area contributed by atoms with Crippen molar-refractivity contribution in [3.8, 4) is 6.07 Å². The quantitative estimate of drug-likeness (QED) is 0.565. The van der Waals surface area contributed by atoms with Crippen molar-refractivity contribution >= 4 is 17.5 Å². The van der Waals surface area contributed by atoms with Gasteiger partial charge in [-0.1, -0.05) is 23.7 Å². The first-order valence-electron chi connectivity index (χ1n) is 9.71. The highest BCUT2D eigenvalue weighted by atomic mass is 35.5. The first-order valence-corrected chi connectivity index (χ1v) is 10.1. The Balaban J connectivity index is 1.84. The molecule has 176 valence electrons. The number of hydrogen-bond acceptors (Lipinski definition) is 3. The van der Waals surface area contributed by atoms with Crippen LogP contribution in [0.4, 0.5) is 26.3 Å². The molecule has 0 aliphatic carbocycles. The standard InChI is InChI=1S/C22H17ClF6N2O2/c23-17-3-1-2-13(10-17)18(12-30)20(33)4-6-31(7-5-20)19(32)14-8-15(21(24,25)26)11-16(9-14)22(27,28)29/h1-3,8-11,18,33H,4-7H2. The van der Waals surface area contributed by atoms with E-state index < -0.39 is 46.5 Å². The summed E-state index contributed by atoms with van der Waals surface area (Å²) in [5.41, 5.74) is -5.02. The molecule has 1 fully saturated rings. The summed E-state index contributed by atoms with van der Waals surface area (Å²) in [7, 11) is 0. The van der Waals surface area contributed by atoms with Gasteiger partial charge in [0.1, 0.15) is 5.92 Å². The van der Waals surface area contributed by atoms with E-state index in [9.17, 15) is 41.5 Å². The van der Waals surface area contributed by atoms with Gasteiger partial charge in [0.05, 0.1) is 22.8 Å². The molecule has 1 aliphatic heterocycles. The van der Waals surface area contributed by atoms with Crippen LogP contribution in [0.3, 0.4) is 0 Å². The summed E-state index contributed by atoms with van der Waals surface area (Å²) in [4.78, 5) is 13.8. The highest BCUT2D eigenvalue weighted by molar-refractivity contribution is 6.30. The van der Waals surface area contributed by atoms with Crippen LogP contribution in [0.5, 0.6) is 0 Å². The average molecular weight is 491 g/mol. The SMILES string of the molecule is N#CC(c1cccc(Cl)c1)C1(O)CCN(C(=O)c2cc(C(F)(F)F)cc(C(F)(F)F)c2)CC1. The predicted octanol–water partition coefficient (Wildman–Crippen LogP) is 5.65. The number of amides is 1. The van der Waals surface area contributed by atoms with Crippen LogP contribution in [0.25, 0.3) is 0 Å². The molecule has 3 rings (SSSR count). The van der Waals surface area contributed by atoms with Crippen LogP contribution < -0.4 is 0 Å². The highest BCUT2D eigenvalue weighted by Crippen LogP contribution is 2.39. The van der Waals surface area contributed by atoms with E-state index in [0.29, 0.717) is 22.7 Å². The van der Waals surface area contributed by atoms with Gasteiger partial charge in [0, 0.05) is 23.7 Å². The van der Waals surface area contributed by atoms with Crippen LogP contribution in [0.1, 0.15) is 45.8 Å². The van der Waals surface area contributed by atoms with Gasteiger partial charge < -0.3 is 10.0 Å². The number of hydrogen-bond donors (Lipinski definition) is 1. The number of benzene rings is 2.